The van der Waals surface area contributed by atoms with Gasteiger partial charge in [0.2, 0.25) is 11.8 Å². The molecule has 0 spiro atoms. The van der Waals surface area contributed by atoms with Gasteiger partial charge in [0.15, 0.2) is 5.13 Å². The van der Waals surface area contributed by atoms with Gasteiger partial charge in [0.25, 0.3) is 5.91 Å². The van der Waals surface area contributed by atoms with E-state index in [2.05, 4.69) is 6.07 Å². The Morgan fingerprint density at radius 3 is 2.35 bits per heavy atom. The minimum absolute atomic E-state index is 0.196. The normalized spacial score (nSPS) is 13.6. The van der Waals surface area contributed by atoms with Gasteiger partial charge in [-0.15, -0.1) is 0 Å². The average molecular weight is 470 g/mol. The highest BCUT2D eigenvalue weighted by atomic mass is 32.1. The Morgan fingerprint density at radius 2 is 1.65 bits per heavy atom. The van der Waals surface area contributed by atoms with Crippen LogP contribution in [0.4, 0.5) is 10.8 Å². The van der Waals surface area contributed by atoms with Crippen LogP contribution in [0.2, 0.25) is 0 Å². The number of carbonyl (C=O) groups excluding carboxylic acids is 3. The van der Waals surface area contributed by atoms with Crippen molar-refractivity contribution in [1.82, 2.24) is 4.98 Å². The van der Waals surface area contributed by atoms with E-state index in [9.17, 15) is 14.4 Å². The second kappa shape index (κ2) is 8.83. The first kappa shape index (κ1) is 22.0. The molecule has 5 rings (SSSR count). The fourth-order valence-electron chi connectivity index (χ4n) is 4.15. The number of anilines is 2. The van der Waals surface area contributed by atoms with Crippen LogP contribution >= 0.6 is 11.3 Å². The average Bonchev–Trinajstić information content (AvgIpc) is 3.44. The predicted molar refractivity (Wildman–Crippen MR) is 134 cm³/mol. The summed E-state index contributed by atoms with van der Waals surface area (Å²) in [7, 11) is 0. The third-order valence-corrected chi connectivity index (χ3v) is 7.21. The van der Waals surface area contributed by atoms with Crippen LogP contribution in [0.25, 0.3) is 10.2 Å². The molecule has 6 nitrogen and oxygen atoms in total. The van der Waals surface area contributed by atoms with Gasteiger partial charge in [-0.05, 0) is 48.7 Å². The molecule has 3 aromatic carbocycles. The SMILES string of the molecule is Cc1ccc(C)c2sc(N(Cc3ccccc3)C(=O)c3cccc(N4C(=O)CCC4=O)c3)nc12. The second-order valence-electron chi connectivity index (χ2n) is 8.42. The summed E-state index contributed by atoms with van der Waals surface area (Å²) < 4.78 is 1.06. The van der Waals surface area contributed by atoms with Crippen molar-refractivity contribution in [2.45, 2.75) is 33.2 Å². The highest BCUT2D eigenvalue weighted by Crippen LogP contribution is 2.35. The van der Waals surface area contributed by atoms with E-state index in [1.165, 1.54) is 16.2 Å². The lowest BCUT2D eigenvalue weighted by Gasteiger charge is -2.21. The van der Waals surface area contributed by atoms with Crippen LogP contribution in [0.15, 0.2) is 66.7 Å². The fraction of sp³-hybridized carbons (Fsp3) is 0.185. The van der Waals surface area contributed by atoms with Crippen LogP contribution in [0, 0.1) is 13.8 Å². The molecular formula is C27H23N3O3S. The lowest BCUT2D eigenvalue weighted by Crippen LogP contribution is -2.31. The highest BCUT2D eigenvalue weighted by Gasteiger charge is 2.31. The first-order chi connectivity index (χ1) is 16.4. The number of imide groups is 1. The van der Waals surface area contributed by atoms with E-state index in [0.717, 1.165) is 26.9 Å². The lowest BCUT2D eigenvalue weighted by molar-refractivity contribution is -0.121. The number of carbonyl (C=O) groups is 3. The first-order valence-electron chi connectivity index (χ1n) is 11.1. The summed E-state index contributed by atoms with van der Waals surface area (Å²) in [4.78, 5) is 46.0. The topological polar surface area (TPSA) is 70.6 Å². The van der Waals surface area contributed by atoms with E-state index in [1.807, 2.05) is 50.2 Å². The Kier molecular flexibility index (Phi) is 5.71. The van der Waals surface area contributed by atoms with Crippen molar-refractivity contribution in [2.75, 3.05) is 9.80 Å². The van der Waals surface area contributed by atoms with Crippen molar-refractivity contribution in [3.8, 4) is 0 Å². The first-order valence-corrected chi connectivity index (χ1v) is 11.9. The van der Waals surface area contributed by atoms with Crippen LogP contribution in [0.5, 0.6) is 0 Å². The summed E-state index contributed by atoms with van der Waals surface area (Å²) in [6, 6.07) is 20.6. The van der Waals surface area contributed by atoms with Crippen molar-refractivity contribution < 1.29 is 14.4 Å². The third-order valence-electron chi connectivity index (χ3n) is 5.99. The quantitative estimate of drug-likeness (QED) is 0.366. The zero-order valence-electron chi connectivity index (χ0n) is 18.9. The molecule has 0 aliphatic carbocycles. The van der Waals surface area contributed by atoms with E-state index in [0.29, 0.717) is 22.9 Å². The number of hydrogen-bond acceptors (Lipinski definition) is 5. The molecule has 0 atom stereocenters. The number of amides is 3. The van der Waals surface area contributed by atoms with E-state index in [-0.39, 0.29) is 30.6 Å². The second-order valence-corrected chi connectivity index (χ2v) is 9.40. The monoisotopic (exact) mass is 469 g/mol. The minimum Gasteiger partial charge on any atom is -0.279 e. The van der Waals surface area contributed by atoms with E-state index in [1.54, 1.807) is 29.2 Å². The smallest absolute Gasteiger partial charge is 0.260 e. The summed E-state index contributed by atoms with van der Waals surface area (Å²) in [5.74, 6) is -0.722. The number of aryl methyl sites for hydroxylation is 2. The largest absolute Gasteiger partial charge is 0.279 e. The van der Waals surface area contributed by atoms with Crippen molar-refractivity contribution in [3.63, 3.8) is 0 Å². The Balaban J connectivity index is 1.57. The van der Waals surface area contributed by atoms with E-state index in [4.69, 9.17) is 4.98 Å². The fourth-order valence-corrected chi connectivity index (χ4v) is 5.26. The molecule has 2 heterocycles. The summed E-state index contributed by atoms with van der Waals surface area (Å²) in [6.07, 6.45) is 0.392. The van der Waals surface area contributed by atoms with Crippen molar-refractivity contribution >= 4 is 50.1 Å². The van der Waals surface area contributed by atoms with Gasteiger partial charge in [0, 0.05) is 18.4 Å². The Morgan fingerprint density at radius 1 is 0.941 bits per heavy atom. The maximum Gasteiger partial charge on any atom is 0.260 e. The molecule has 0 saturated carbocycles. The maximum absolute atomic E-state index is 13.8. The van der Waals surface area contributed by atoms with Gasteiger partial charge in [-0.1, -0.05) is 59.9 Å². The van der Waals surface area contributed by atoms with Gasteiger partial charge >= 0.3 is 0 Å². The molecule has 1 fully saturated rings. The Labute approximate surface area is 201 Å². The molecule has 7 heteroatoms. The van der Waals surface area contributed by atoms with Crippen LogP contribution in [-0.2, 0) is 16.1 Å². The summed E-state index contributed by atoms with van der Waals surface area (Å²) in [5, 5.41) is 0.611. The van der Waals surface area contributed by atoms with E-state index < -0.39 is 0 Å². The number of hydrogen-bond donors (Lipinski definition) is 0. The van der Waals surface area contributed by atoms with Crippen molar-refractivity contribution in [1.29, 1.82) is 0 Å². The predicted octanol–water partition coefficient (Wildman–Crippen LogP) is 5.41. The van der Waals surface area contributed by atoms with Gasteiger partial charge in [-0.25, -0.2) is 4.98 Å². The standard InChI is InChI=1S/C27H23N3O3S/c1-17-11-12-18(2)25-24(17)28-27(34-25)29(16-19-7-4-3-5-8-19)26(33)20-9-6-10-21(15-20)30-22(31)13-14-23(30)32/h3-12,15H,13-14,16H2,1-2H3. The summed E-state index contributed by atoms with van der Waals surface area (Å²) in [6.45, 7) is 4.41. The molecule has 34 heavy (non-hydrogen) atoms. The van der Waals surface area contributed by atoms with Crippen molar-refractivity contribution in [3.05, 3.63) is 89.0 Å². The molecular weight excluding hydrogens is 446 g/mol. The number of thiazole rings is 1. The molecule has 0 bridgehead atoms. The van der Waals surface area contributed by atoms with Crippen LogP contribution in [0.1, 0.15) is 39.9 Å². The highest BCUT2D eigenvalue weighted by molar-refractivity contribution is 7.22. The maximum atomic E-state index is 13.8. The number of fused-ring (bicyclic) bond motifs is 1. The molecule has 0 unspecified atom stereocenters. The minimum atomic E-state index is -0.243. The zero-order valence-corrected chi connectivity index (χ0v) is 19.8. The van der Waals surface area contributed by atoms with Gasteiger partial charge in [-0.2, -0.15) is 0 Å². The molecule has 1 aromatic heterocycles. The molecule has 170 valence electrons. The number of nitrogens with zero attached hydrogens (tertiary/aromatic N) is 3. The van der Waals surface area contributed by atoms with Gasteiger partial charge in [0.05, 0.1) is 22.4 Å². The van der Waals surface area contributed by atoms with Crippen LogP contribution in [0.3, 0.4) is 0 Å². The van der Waals surface area contributed by atoms with Gasteiger partial charge in [-0.3, -0.25) is 24.2 Å². The van der Waals surface area contributed by atoms with Gasteiger partial charge < -0.3 is 0 Å². The molecule has 1 saturated heterocycles. The number of benzene rings is 3. The summed E-state index contributed by atoms with van der Waals surface area (Å²) >= 11 is 1.49. The van der Waals surface area contributed by atoms with Gasteiger partial charge in [0.1, 0.15) is 0 Å². The molecule has 1 aliphatic rings. The zero-order chi connectivity index (χ0) is 23.8. The molecule has 0 radical (unpaired) electrons. The third kappa shape index (κ3) is 3.99. The Hall–Kier alpha value is -3.84. The summed E-state index contributed by atoms with van der Waals surface area (Å²) in [5.41, 5.74) is 4.87. The Bertz CT molecular complexity index is 1370. The number of rotatable bonds is 5. The number of aromatic nitrogens is 1. The van der Waals surface area contributed by atoms with Crippen LogP contribution < -0.4 is 9.80 Å². The lowest BCUT2D eigenvalue weighted by atomic mass is 10.1. The molecule has 3 amide bonds. The van der Waals surface area contributed by atoms with Crippen LogP contribution in [-0.4, -0.2) is 22.7 Å². The van der Waals surface area contributed by atoms with E-state index >= 15 is 0 Å². The molecule has 1 aliphatic heterocycles. The molecule has 4 aromatic rings. The van der Waals surface area contributed by atoms with Crippen molar-refractivity contribution in [2.24, 2.45) is 0 Å². The molecule has 0 N–H and O–H groups in total.